The van der Waals surface area contributed by atoms with E-state index in [2.05, 4.69) is 10.0 Å². The lowest BCUT2D eigenvalue weighted by molar-refractivity contribution is 0.504. The van der Waals surface area contributed by atoms with E-state index in [0.717, 1.165) is 12.1 Å². The van der Waals surface area contributed by atoms with Crippen LogP contribution in [0.3, 0.4) is 0 Å². The number of fused-ring (bicyclic) bond motifs is 1. The SMILES string of the molecule is O=S1(=O)N[C@H](c2ccc(F)c(F)c2)Nc2ccccc21. The summed E-state index contributed by atoms with van der Waals surface area (Å²) >= 11 is 0. The van der Waals surface area contributed by atoms with Gasteiger partial charge in [0.15, 0.2) is 11.6 Å². The van der Waals surface area contributed by atoms with Crippen LogP contribution in [0.5, 0.6) is 0 Å². The number of anilines is 1. The molecule has 0 bridgehead atoms. The van der Waals surface area contributed by atoms with Crippen molar-refractivity contribution in [2.75, 3.05) is 5.32 Å². The average molecular weight is 296 g/mol. The predicted molar refractivity (Wildman–Crippen MR) is 69.5 cm³/mol. The molecule has 7 heteroatoms. The minimum atomic E-state index is -3.69. The fourth-order valence-corrected chi connectivity index (χ4v) is 3.37. The molecular weight excluding hydrogens is 286 g/mol. The van der Waals surface area contributed by atoms with E-state index in [-0.39, 0.29) is 4.90 Å². The smallest absolute Gasteiger partial charge is 0.244 e. The molecule has 3 rings (SSSR count). The molecule has 0 radical (unpaired) electrons. The summed E-state index contributed by atoms with van der Waals surface area (Å²) in [7, 11) is -3.69. The summed E-state index contributed by atoms with van der Waals surface area (Å²) in [6.07, 6.45) is -0.843. The van der Waals surface area contributed by atoms with Crippen LogP contribution in [0.1, 0.15) is 11.7 Å². The van der Waals surface area contributed by atoms with E-state index in [1.54, 1.807) is 18.2 Å². The molecule has 0 amide bonds. The van der Waals surface area contributed by atoms with Gasteiger partial charge in [0.2, 0.25) is 10.0 Å². The molecule has 2 aromatic carbocycles. The molecule has 0 aliphatic carbocycles. The Hall–Kier alpha value is -1.99. The maximum atomic E-state index is 13.2. The zero-order valence-corrected chi connectivity index (χ0v) is 10.9. The summed E-state index contributed by atoms with van der Waals surface area (Å²) in [4.78, 5) is 0.124. The summed E-state index contributed by atoms with van der Waals surface area (Å²) in [5.74, 6) is -2.00. The quantitative estimate of drug-likeness (QED) is 0.849. The summed E-state index contributed by atoms with van der Waals surface area (Å²) in [6, 6.07) is 9.62. The highest BCUT2D eigenvalue weighted by atomic mass is 32.2. The molecule has 0 fully saturated rings. The van der Waals surface area contributed by atoms with E-state index in [1.807, 2.05) is 0 Å². The normalized spacial score (nSPS) is 20.0. The third kappa shape index (κ3) is 2.14. The first-order chi connectivity index (χ1) is 9.47. The van der Waals surface area contributed by atoms with Crippen molar-refractivity contribution in [2.24, 2.45) is 0 Å². The molecule has 1 heterocycles. The molecule has 4 nitrogen and oxygen atoms in total. The second-order valence-corrected chi connectivity index (χ2v) is 6.05. The van der Waals surface area contributed by atoms with E-state index in [4.69, 9.17) is 0 Å². The molecule has 0 spiro atoms. The Morgan fingerprint density at radius 3 is 2.50 bits per heavy atom. The lowest BCUT2D eigenvalue weighted by atomic mass is 10.1. The van der Waals surface area contributed by atoms with Crippen LogP contribution < -0.4 is 10.0 Å². The highest BCUT2D eigenvalue weighted by Crippen LogP contribution is 2.30. The van der Waals surface area contributed by atoms with Gasteiger partial charge in [0.25, 0.3) is 0 Å². The van der Waals surface area contributed by atoms with Gasteiger partial charge in [-0.1, -0.05) is 18.2 Å². The van der Waals surface area contributed by atoms with Gasteiger partial charge < -0.3 is 5.32 Å². The topological polar surface area (TPSA) is 58.2 Å². The van der Waals surface area contributed by atoms with Crippen molar-refractivity contribution in [3.8, 4) is 0 Å². The molecule has 0 aromatic heterocycles. The number of benzene rings is 2. The van der Waals surface area contributed by atoms with Crippen LogP contribution in [-0.4, -0.2) is 8.42 Å². The Morgan fingerprint density at radius 2 is 1.75 bits per heavy atom. The van der Waals surface area contributed by atoms with Crippen LogP contribution in [0.25, 0.3) is 0 Å². The Kier molecular flexibility index (Phi) is 2.95. The van der Waals surface area contributed by atoms with Crippen molar-refractivity contribution < 1.29 is 17.2 Å². The van der Waals surface area contributed by atoms with Crippen LogP contribution >= 0.6 is 0 Å². The first kappa shape index (κ1) is 13.0. The molecule has 20 heavy (non-hydrogen) atoms. The number of nitrogens with one attached hydrogen (secondary N) is 2. The fraction of sp³-hybridized carbons (Fsp3) is 0.0769. The maximum absolute atomic E-state index is 13.2. The van der Waals surface area contributed by atoms with Crippen LogP contribution in [0.2, 0.25) is 0 Å². The standard InChI is InChI=1S/C13H10F2N2O2S/c14-9-6-5-8(7-10(9)15)13-16-11-3-1-2-4-12(11)20(18,19)17-13/h1-7,13,16-17H/t13-/m1/s1. The first-order valence-electron chi connectivity index (χ1n) is 5.80. The largest absolute Gasteiger partial charge is 0.364 e. The third-order valence-electron chi connectivity index (χ3n) is 3.03. The van der Waals surface area contributed by atoms with E-state index in [0.29, 0.717) is 11.3 Å². The zero-order valence-electron chi connectivity index (χ0n) is 10.1. The Balaban J connectivity index is 2.05. The van der Waals surface area contributed by atoms with Gasteiger partial charge >= 0.3 is 0 Å². The van der Waals surface area contributed by atoms with Gasteiger partial charge in [0.05, 0.1) is 5.69 Å². The van der Waals surface area contributed by atoms with Crippen molar-refractivity contribution in [3.63, 3.8) is 0 Å². The van der Waals surface area contributed by atoms with E-state index in [1.165, 1.54) is 12.1 Å². The van der Waals surface area contributed by atoms with Gasteiger partial charge in [-0.3, -0.25) is 0 Å². The van der Waals surface area contributed by atoms with E-state index < -0.39 is 27.8 Å². The highest BCUT2D eigenvalue weighted by molar-refractivity contribution is 7.89. The molecule has 1 aliphatic rings. The number of hydrogen-bond donors (Lipinski definition) is 2. The highest BCUT2D eigenvalue weighted by Gasteiger charge is 2.29. The zero-order chi connectivity index (χ0) is 14.3. The number of sulfonamides is 1. The van der Waals surface area contributed by atoms with Gasteiger partial charge in [-0.2, -0.15) is 4.72 Å². The number of para-hydroxylation sites is 1. The molecule has 1 aliphatic heterocycles. The predicted octanol–water partition coefficient (Wildman–Crippen LogP) is 2.37. The van der Waals surface area contributed by atoms with Gasteiger partial charge in [0.1, 0.15) is 11.1 Å². The summed E-state index contributed by atoms with van der Waals surface area (Å²) in [5.41, 5.74) is 0.711. The second-order valence-electron chi connectivity index (χ2n) is 4.37. The molecule has 2 aromatic rings. The van der Waals surface area contributed by atoms with Gasteiger partial charge in [-0.05, 0) is 29.8 Å². The minimum Gasteiger partial charge on any atom is -0.364 e. The van der Waals surface area contributed by atoms with Crippen molar-refractivity contribution in [2.45, 2.75) is 11.1 Å². The molecule has 2 N–H and O–H groups in total. The monoisotopic (exact) mass is 296 g/mol. The fourth-order valence-electron chi connectivity index (χ4n) is 2.07. The minimum absolute atomic E-state index is 0.124. The summed E-state index contributed by atoms with van der Waals surface area (Å²) in [5, 5.41) is 2.94. The molecule has 0 saturated carbocycles. The molecule has 0 saturated heterocycles. The Bertz CT molecular complexity index is 778. The number of hydrogen-bond acceptors (Lipinski definition) is 3. The third-order valence-corrected chi connectivity index (χ3v) is 4.51. The lowest BCUT2D eigenvalue weighted by Gasteiger charge is -2.28. The van der Waals surface area contributed by atoms with Gasteiger partial charge in [0, 0.05) is 0 Å². The molecule has 1 atom stereocenters. The maximum Gasteiger partial charge on any atom is 0.244 e. The van der Waals surface area contributed by atoms with Crippen molar-refractivity contribution in [1.82, 2.24) is 4.72 Å². The average Bonchev–Trinajstić information content (AvgIpc) is 2.41. The molecule has 0 unspecified atom stereocenters. The Morgan fingerprint density at radius 1 is 1.00 bits per heavy atom. The van der Waals surface area contributed by atoms with Crippen LogP contribution in [-0.2, 0) is 10.0 Å². The first-order valence-corrected chi connectivity index (χ1v) is 7.28. The second kappa shape index (κ2) is 4.53. The van der Waals surface area contributed by atoms with Crippen LogP contribution in [0, 0.1) is 11.6 Å². The van der Waals surface area contributed by atoms with Crippen LogP contribution in [0.4, 0.5) is 14.5 Å². The van der Waals surface area contributed by atoms with Gasteiger partial charge in [-0.25, -0.2) is 17.2 Å². The number of halogens is 2. The van der Waals surface area contributed by atoms with Crippen molar-refractivity contribution >= 4 is 15.7 Å². The molecule has 104 valence electrons. The lowest BCUT2D eigenvalue weighted by Crippen LogP contribution is -2.38. The van der Waals surface area contributed by atoms with E-state index >= 15 is 0 Å². The summed E-state index contributed by atoms with van der Waals surface area (Å²) < 4.78 is 52.7. The Labute approximate surface area is 114 Å². The van der Waals surface area contributed by atoms with Crippen molar-refractivity contribution in [3.05, 3.63) is 59.7 Å². The molecular formula is C13H10F2N2O2S. The van der Waals surface area contributed by atoms with E-state index in [9.17, 15) is 17.2 Å². The number of rotatable bonds is 1. The van der Waals surface area contributed by atoms with Crippen LogP contribution in [0.15, 0.2) is 47.4 Å². The van der Waals surface area contributed by atoms with Crippen molar-refractivity contribution in [1.29, 1.82) is 0 Å². The summed E-state index contributed by atoms with van der Waals surface area (Å²) in [6.45, 7) is 0. The van der Waals surface area contributed by atoms with Gasteiger partial charge in [-0.15, -0.1) is 0 Å².